The molecule has 2 aromatic carbocycles. The van der Waals surface area contributed by atoms with Gasteiger partial charge in [-0.3, -0.25) is 4.79 Å². The Balaban J connectivity index is 2.68. The minimum Gasteiger partial charge on any atom is -0.497 e. The van der Waals surface area contributed by atoms with E-state index in [-0.39, 0.29) is 17.2 Å². The van der Waals surface area contributed by atoms with Crippen LogP contribution in [-0.2, 0) is 10.1 Å². The molecule has 2 aromatic rings. The van der Waals surface area contributed by atoms with E-state index in [9.17, 15) is 26.4 Å². The molecule has 0 atom stereocenters. The first-order valence-corrected chi connectivity index (χ1v) is 7.17. The summed E-state index contributed by atoms with van der Waals surface area (Å²) in [4.78, 5) is 10.9. The van der Waals surface area contributed by atoms with Crippen molar-refractivity contribution in [2.75, 3.05) is 7.11 Å². The second kappa shape index (κ2) is 5.48. The van der Waals surface area contributed by atoms with Gasteiger partial charge in [-0.05, 0) is 29.7 Å². The number of rotatable bonds is 4. The molecule has 0 heterocycles. The average Bonchev–Trinajstić information content (AvgIpc) is 2.45. The molecule has 0 bridgehead atoms. The zero-order chi connectivity index (χ0) is 16.5. The smallest absolute Gasteiger partial charge is 0.497 e. The van der Waals surface area contributed by atoms with Gasteiger partial charge in [0, 0.05) is 5.39 Å². The summed E-state index contributed by atoms with van der Waals surface area (Å²) >= 11 is 0. The summed E-state index contributed by atoms with van der Waals surface area (Å²) in [6.07, 6.45) is 0.213. The molecule has 9 heteroatoms. The van der Waals surface area contributed by atoms with Crippen molar-refractivity contribution in [3.63, 3.8) is 0 Å². The number of alkyl halides is 3. The fourth-order valence-electron chi connectivity index (χ4n) is 1.77. The first-order chi connectivity index (χ1) is 10.2. The topological polar surface area (TPSA) is 69.7 Å². The SMILES string of the molecule is COc1ccc2c(OS(=O)(=O)C(F)(F)F)c(C=O)ccc2c1. The molecule has 0 aliphatic heterocycles. The third-order valence-electron chi connectivity index (χ3n) is 2.81. The molecule has 22 heavy (non-hydrogen) atoms. The van der Waals surface area contributed by atoms with E-state index in [2.05, 4.69) is 4.18 Å². The van der Waals surface area contributed by atoms with Gasteiger partial charge in [-0.1, -0.05) is 6.07 Å². The van der Waals surface area contributed by atoms with Crippen molar-refractivity contribution >= 4 is 27.2 Å². The maximum atomic E-state index is 12.5. The molecule has 0 aliphatic rings. The highest BCUT2D eigenvalue weighted by molar-refractivity contribution is 7.88. The highest BCUT2D eigenvalue weighted by Crippen LogP contribution is 2.35. The molecule has 0 saturated heterocycles. The van der Waals surface area contributed by atoms with Crippen molar-refractivity contribution in [3.05, 3.63) is 35.9 Å². The van der Waals surface area contributed by atoms with E-state index in [1.54, 1.807) is 0 Å². The average molecular weight is 334 g/mol. The second-order valence-corrected chi connectivity index (χ2v) is 5.71. The van der Waals surface area contributed by atoms with Crippen LogP contribution in [0.25, 0.3) is 10.8 Å². The third-order valence-corrected chi connectivity index (χ3v) is 3.76. The Bertz CT molecular complexity index is 827. The van der Waals surface area contributed by atoms with Gasteiger partial charge in [0.1, 0.15) is 5.75 Å². The van der Waals surface area contributed by atoms with Crippen molar-refractivity contribution in [1.82, 2.24) is 0 Å². The number of carbonyl (C=O) groups is 1. The molecule has 5 nitrogen and oxygen atoms in total. The number of ether oxygens (including phenoxy) is 1. The third kappa shape index (κ3) is 2.84. The lowest BCUT2D eigenvalue weighted by atomic mass is 10.1. The summed E-state index contributed by atoms with van der Waals surface area (Å²) in [7, 11) is -4.49. The van der Waals surface area contributed by atoms with E-state index in [4.69, 9.17) is 4.74 Å². The quantitative estimate of drug-likeness (QED) is 0.488. The maximum Gasteiger partial charge on any atom is 0.534 e. The molecule has 118 valence electrons. The fourth-order valence-corrected chi connectivity index (χ4v) is 2.27. The van der Waals surface area contributed by atoms with Crippen LogP contribution in [-0.4, -0.2) is 27.3 Å². The van der Waals surface area contributed by atoms with E-state index < -0.39 is 21.4 Å². The number of aldehydes is 1. The molecule has 0 fully saturated rings. The number of hydrogen-bond donors (Lipinski definition) is 0. The first kappa shape index (κ1) is 16.1. The number of halogens is 3. The van der Waals surface area contributed by atoms with Gasteiger partial charge in [0.05, 0.1) is 12.7 Å². The number of methoxy groups -OCH3 is 1. The molecular formula is C13H9F3O5S. The van der Waals surface area contributed by atoms with Gasteiger partial charge in [0.15, 0.2) is 12.0 Å². The van der Waals surface area contributed by atoms with Gasteiger partial charge in [-0.2, -0.15) is 21.6 Å². The maximum absolute atomic E-state index is 12.5. The number of hydrogen-bond acceptors (Lipinski definition) is 5. The highest BCUT2D eigenvalue weighted by Gasteiger charge is 2.49. The second-order valence-electron chi connectivity index (χ2n) is 4.17. The normalized spacial score (nSPS) is 12.2. The molecule has 0 unspecified atom stereocenters. The minimum atomic E-state index is -5.88. The van der Waals surface area contributed by atoms with Crippen molar-refractivity contribution < 1.29 is 35.3 Å². The summed E-state index contributed by atoms with van der Waals surface area (Å²) in [5.41, 5.74) is -5.91. The molecular weight excluding hydrogens is 325 g/mol. The largest absolute Gasteiger partial charge is 0.534 e. The zero-order valence-electron chi connectivity index (χ0n) is 11.0. The predicted molar refractivity (Wildman–Crippen MR) is 71.5 cm³/mol. The van der Waals surface area contributed by atoms with E-state index in [0.717, 1.165) is 6.07 Å². The Morgan fingerprint density at radius 2 is 1.82 bits per heavy atom. The Labute approximate surface area is 123 Å². The van der Waals surface area contributed by atoms with Crippen LogP contribution in [0.5, 0.6) is 11.5 Å². The molecule has 0 aromatic heterocycles. The van der Waals surface area contributed by atoms with Gasteiger partial charge in [-0.25, -0.2) is 0 Å². The lowest BCUT2D eigenvalue weighted by Crippen LogP contribution is -2.28. The lowest BCUT2D eigenvalue weighted by molar-refractivity contribution is -0.0499. The predicted octanol–water partition coefficient (Wildman–Crippen LogP) is 2.89. The molecule has 0 saturated carbocycles. The Morgan fingerprint density at radius 3 is 2.36 bits per heavy atom. The van der Waals surface area contributed by atoms with E-state index in [0.29, 0.717) is 11.1 Å². The van der Waals surface area contributed by atoms with Gasteiger partial charge < -0.3 is 8.92 Å². The summed E-state index contributed by atoms with van der Waals surface area (Å²) in [6.45, 7) is 0. The van der Waals surface area contributed by atoms with Crippen LogP contribution in [0.1, 0.15) is 10.4 Å². The van der Waals surface area contributed by atoms with Gasteiger partial charge in [0.25, 0.3) is 0 Å². The van der Waals surface area contributed by atoms with Gasteiger partial charge >= 0.3 is 15.6 Å². The Hall–Kier alpha value is -2.29. The van der Waals surface area contributed by atoms with Crippen molar-refractivity contribution in [2.45, 2.75) is 5.51 Å². The van der Waals surface area contributed by atoms with Crippen LogP contribution < -0.4 is 8.92 Å². The summed E-state index contributed by atoms with van der Waals surface area (Å²) in [5.74, 6) is -0.261. The monoisotopic (exact) mass is 334 g/mol. The van der Waals surface area contributed by atoms with Crippen LogP contribution in [0, 0.1) is 0 Å². The van der Waals surface area contributed by atoms with Gasteiger partial charge in [0.2, 0.25) is 0 Å². The fraction of sp³-hybridized carbons (Fsp3) is 0.154. The van der Waals surface area contributed by atoms with Crippen molar-refractivity contribution in [3.8, 4) is 11.5 Å². The number of benzene rings is 2. The molecule has 0 aliphatic carbocycles. The van der Waals surface area contributed by atoms with Crippen LogP contribution in [0.4, 0.5) is 13.2 Å². The minimum absolute atomic E-state index is 0.0400. The van der Waals surface area contributed by atoms with Crippen molar-refractivity contribution in [1.29, 1.82) is 0 Å². The van der Waals surface area contributed by atoms with Crippen LogP contribution in [0.2, 0.25) is 0 Å². The highest BCUT2D eigenvalue weighted by atomic mass is 32.2. The van der Waals surface area contributed by atoms with E-state index in [1.165, 1.54) is 31.4 Å². The van der Waals surface area contributed by atoms with E-state index in [1.807, 2.05) is 0 Å². The molecule has 0 radical (unpaired) electrons. The van der Waals surface area contributed by atoms with Gasteiger partial charge in [-0.15, -0.1) is 0 Å². The summed E-state index contributed by atoms with van der Waals surface area (Å²) < 4.78 is 68.8. The summed E-state index contributed by atoms with van der Waals surface area (Å²) in [6, 6.07) is 6.79. The Morgan fingerprint density at radius 1 is 1.14 bits per heavy atom. The Kier molecular flexibility index (Phi) is 4.01. The zero-order valence-corrected chi connectivity index (χ0v) is 11.9. The van der Waals surface area contributed by atoms with Crippen LogP contribution >= 0.6 is 0 Å². The molecule has 0 spiro atoms. The molecule has 0 amide bonds. The number of fused-ring (bicyclic) bond motifs is 1. The van der Waals surface area contributed by atoms with E-state index >= 15 is 0 Å². The standard InChI is InChI=1S/C13H9F3O5S/c1-20-10-4-5-11-8(6-10)2-3-9(7-17)12(11)21-22(18,19)13(14,15)16/h2-7H,1H3. The number of carbonyl (C=O) groups excluding carboxylic acids is 1. The lowest BCUT2D eigenvalue weighted by Gasteiger charge is -2.13. The first-order valence-electron chi connectivity index (χ1n) is 5.76. The van der Waals surface area contributed by atoms with Crippen LogP contribution in [0.15, 0.2) is 30.3 Å². The van der Waals surface area contributed by atoms with Crippen LogP contribution in [0.3, 0.4) is 0 Å². The van der Waals surface area contributed by atoms with Crippen molar-refractivity contribution in [2.24, 2.45) is 0 Å². The summed E-state index contributed by atoms with van der Waals surface area (Å²) in [5, 5.41) is 0.399. The molecule has 2 rings (SSSR count). The molecule has 0 N–H and O–H groups in total.